The Balaban J connectivity index is 1.78. The van der Waals surface area contributed by atoms with Crippen LogP contribution in [0.3, 0.4) is 0 Å². The number of Topliss-reactive ketones (excluding diaryl/α,β-unsaturated/α-hetero) is 1. The zero-order valence-corrected chi connectivity index (χ0v) is 15.2. The number of fused-ring (bicyclic) bond motifs is 2. The van der Waals surface area contributed by atoms with E-state index in [1.54, 1.807) is 11.3 Å². The lowest BCUT2D eigenvalue weighted by Gasteiger charge is -2.22. The molecule has 0 saturated heterocycles. The number of ketones is 1. The monoisotopic (exact) mass is 369 g/mol. The number of hydrogen-bond acceptors (Lipinski definition) is 4. The Morgan fingerprint density at radius 2 is 1.74 bits per heavy atom. The van der Waals surface area contributed by atoms with Crippen LogP contribution in [0.1, 0.15) is 20.9 Å². The van der Waals surface area contributed by atoms with Gasteiger partial charge in [0.05, 0.1) is 16.8 Å². The predicted molar refractivity (Wildman–Crippen MR) is 109 cm³/mol. The van der Waals surface area contributed by atoms with Gasteiger partial charge < -0.3 is 4.74 Å². The third kappa shape index (κ3) is 2.75. The van der Waals surface area contributed by atoms with Gasteiger partial charge in [-0.1, -0.05) is 54.6 Å². The zero-order valence-electron chi connectivity index (χ0n) is 14.4. The van der Waals surface area contributed by atoms with E-state index in [1.807, 2.05) is 78.2 Å². The smallest absolute Gasteiger partial charge is 0.230 e. The van der Waals surface area contributed by atoms with Gasteiger partial charge >= 0.3 is 0 Å². The highest BCUT2D eigenvalue weighted by Gasteiger charge is 2.29. The van der Waals surface area contributed by atoms with Crippen molar-refractivity contribution in [3.05, 3.63) is 94.0 Å². The number of rotatable bonds is 2. The number of allylic oxidation sites excluding steroid dienone is 1. The van der Waals surface area contributed by atoms with Crippen molar-refractivity contribution >= 4 is 34.1 Å². The molecule has 3 heterocycles. The lowest BCUT2D eigenvalue weighted by molar-refractivity contribution is 0.0867. The van der Waals surface area contributed by atoms with Crippen molar-refractivity contribution in [3.63, 3.8) is 0 Å². The second kappa shape index (κ2) is 6.49. The van der Waals surface area contributed by atoms with Gasteiger partial charge in [-0.05, 0) is 23.1 Å². The molecule has 0 bridgehead atoms. The number of carbonyl (C=O) groups is 1. The fourth-order valence-electron chi connectivity index (χ4n) is 3.46. The molecule has 3 nitrogen and oxygen atoms in total. The standard InChI is InChI=1S/C23H15NO2S/c25-23-20(13-16-9-6-12-27-16)26-14-19-22(23)21(15-7-2-1-3-8-15)17-10-4-5-11-18(17)24-19/h1-13H,14H2/b20-13-. The van der Waals surface area contributed by atoms with Gasteiger partial charge in [0.1, 0.15) is 6.61 Å². The van der Waals surface area contributed by atoms with Gasteiger partial charge in [-0.15, -0.1) is 11.3 Å². The van der Waals surface area contributed by atoms with Crippen molar-refractivity contribution < 1.29 is 9.53 Å². The number of pyridine rings is 1. The van der Waals surface area contributed by atoms with Gasteiger partial charge in [0.2, 0.25) is 5.78 Å². The maximum Gasteiger partial charge on any atom is 0.230 e. The Morgan fingerprint density at radius 3 is 2.56 bits per heavy atom. The van der Waals surface area contributed by atoms with E-state index >= 15 is 0 Å². The molecule has 1 aliphatic heterocycles. The van der Waals surface area contributed by atoms with Crippen molar-refractivity contribution in [1.82, 2.24) is 4.98 Å². The summed E-state index contributed by atoms with van der Waals surface area (Å²) in [5.74, 6) is 0.265. The topological polar surface area (TPSA) is 39.2 Å². The number of hydrogen-bond donors (Lipinski definition) is 0. The van der Waals surface area contributed by atoms with Gasteiger partial charge in [0.15, 0.2) is 5.76 Å². The Labute approximate surface area is 160 Å². The van der Waals surface area contributed by atoms with E-state index in [0.717, 1.165) is 26.9 Å². The molecule has 0 amide bonds. The van der Waals surface area contributed by atoms with Crippen LogP contribution in [0.2, 0.25) is 0 Å². The molecule has 0 spiro atoms. The highest BCUT2D eigenvalue weighted by Crippen LogP contribution is 2.37. The van der Waals surface area contributed by atoms with Crippen LogP contribution in [0, 0.1) is 0 Å². The van der Waals surface area contributed by atoms with Gasteiger partial charge in [-0.2, -0.15) is 0 Å². The van der Waals surface area contributed by atoms with Crippen molar-refractivity contribution in [2.45, 2.75) is 6.61 Å². The molecule has 5 rings (SSSR count). The van der Waals surface area contributed by atoms with Crippen LogP contribution in [0.4, 0.5) is 0 Å². The highest BCUT2D eigenvalue weighted by atomic mass is 32.1. The number of carbonyl (C=O) groups excluding carboxylic acids is 1. The summed E-state index contributed by atoms with van der Waals surface area (Å²) in [5.41, 5.74) is 4.16. The number of aromatic nitrogens is 1. The average Bonchev–Trinajstić information content (AvgIpc) is 3.22. The lowest BCUT2D eigenvalue weighted by Crippen LogP contribution is -2.19. The molecule has 4 heteroatoms. The number of para-hydroxylation sites is 1. The molecule has 27 heavy (non-hydrogen) atoms. The number of ether oxygens (including phenoxy) is 1. The molecule has 0 aliphatic carbocycles. The molecule has 0 radical (unpaired) electrons. The van der Waals surface area contributed by atoms with E-state index in [4.69, 9.17) is 9.72 Å². The van der Waals surface area contributed by atoms with E-state index in [1.165, 1.54) is 0 Å². The summed E-state index contributed by atoms with van der Waals surface area (Å²) >= 11 is 1.58. The first-order valence-corrected chi connectivity index (χ1v) is 9.59. The van der Waals surface area contributed by atoms with Crippen LogP contribution in [-0.4, -0.2) is 10.8 Å². The average molecular weight is 369 g/mol. The normalized spacial score (nSPS) is 15.0. The molecule has 4 aromatic rings. The Bertz CT molecular complexity index is 1180. The minimum absolute atomic E-state index is 0.109. The molecule has 0 unspecified atom stereocenters. The third-order valence-corrected chi connectivity index (χ3v) is 5.48. The fraction of sp³-hybridized carbons (Fsp3) is 0.0435. The van der Waals surface area contributed by atoms with Gasteiger partial charge in [0, 0.05) is 21.9 Å². The Morgan fingerprint density at radius 1 is 0.926 bits per heavy atom. The summed E-state index contributed by atoms with van der Waals surface area (Å²) < 4.78 is 5.79. The van der Waals surface area contributed by atoms with Crippen molar-refractivity contribution in [3.8, 4) is 11.1 Å². The molecule has 0 saturated carbocycles. The van der Waals surface area contributed by atoms with Crippen LogP contribution < -0.4 is 0 Å². The Kier molecular flexibility index (Phi) is 3.84. The molecular weight excluding hydrogens is 354 g/mol. The maximum absolute atomic E-state index is 13.4. The molecular formula is C23H15NO2S. The molecule has 0 fully saturated rings. The van der Waals surface area contributed by atoms with Crippen LogP contribution in [-0.2, 0) is 11.3 Å². The van der Waals surface area contributed by atoms with Crippen molar-refractivity contribution in [2.75, 3.05) is 0 Å². The molecule has 0 N–H and O–H groups in total. The summed E-state index contributed by atoms with van der Waals surface area (Å²) in [6.45, 7) is 0.295. The van der Waals surface area contributed by atoms with Crippen LogP contribution >= 0.6 is 11.3 Å². The first-order chi connectivity index (χ1) is 13.3. The van der Waals surface area contributed by atoms with Gasteiger partial charge in [0.25, 0.3) is 0 Å². The third-order valence-electron chi connectivity index (χ3n) is 4.66. The van der Waals surface area contributed by atoms with E-state index < -0.39 is 0 Å². The SMILES string of the molecule is O=C1/C(=C/c2cccs2)OCc2nc3ccccc3c(-c3ccccc3)c21. The van der Waals surface area contributed by atoms with Crippen LogP contribution in [0.25, 0.3) is 28.1 Å². The first kappa shape index (κ1) is 16.0. The molecule has 130 valence electrons. The second-order valence-electron chi connectivity index (χ2n) is 6.33. The quantitative estimate of drug-likeness (QED) is 0.424. The van der Waals surface area contributed by atoms with Crippen molar-refractivity contribution in [1.29, 1.82) is 0 Å². The molecule has 1 aliphatic rings. The zero-order chi connectivity index (χ0) is 18.2. The molecule has 2 aromatic carbocycles. The highest BCUT2D eigenvalue weighted by molar-refractivity contribution is 7.10. The maximum atomic E-state index is 13.4. The minimum atomic E-state index is -0.109. The lowest BCUT2D eigenvalue weighted by atomic mass is 9.90. The summed E-state index contributed by atoms with van der Waals surface area (Å²) in [7, 11) is 0. The summed E-state index contributed by atoms with van der Waals surface area (Å²) in [6.07, 6.45) is 1.82. The summed E-state index contributed by atoms with van der Waals surface area (Å²) in [4.78, 5) is 19.1. The first-order valence-electron chi connectivity index (χ1n) is 8.71. The summed E-state index contributed by atoms with van der Waals surface area (Å²) in [6, 6.07) is 21.9. The van der Waals surface area contributed by atoms with Crippen molar-refractivity contribution in [2.24, 2.45) is 0 Å². The summed E-state index contributed by atoms with van der Waals surface area (Å²) in [5, 5.41) is 2.96. The predicted octanol–water partition coefficient (Wildman–Crippen LogP) is 5.72. The largest absolute Gasteiger partial charge is 0.483 e. The fourth-order valence-corrected chi connectivity index (χ4v) is 4.11. The number of thiophene rings is 1. The van der Waals surface area contributed by atoms with Crippen LogP contribution in [0.15, 0.2) is 77.9 Å². The van der Waals surface area contributed by atoms with Gasteiger partial charge in [-0.3, -0.25) is 4.79 Å². The minimum Gasteiger partial charge on any atom is -0.483 e. The number of nitrogens with zero attached hydrogens (tertiary/aromatic N) is 1. The van der Waals surface area contributed by atoms with E-state index in [9.17, 15) is 4.79 Å². The van der Waals surface area contributed by atoms with E-state index in [2.05, 4.69) is 0 Å². The molecule has 0 atom stereocenters. The molecule has 2 aromatic heterocycles. The van der Waals surface area contributed by atoms with E-state index in [-0.39, 0.29) is 5.78 Å². The van der Waals surface area contributed by atoms with Crippen LogP contribution in [0.5, 0.6) is 0 Å². The number of benzene rings is 2. The second-order valence-corrected chi connectivity index (χ2v) is 7.31. The van der Waals surface area contributed by atoms with Gasteiger partial charge in [-0.25, -0.2) is 4.98 Å². The van der Waals surface area contributed by atoms with E-state index in [0.29, 0.717) is 23.6 Å². The Hall–Kier alpha value is -3.24.